The fraction of sp³-hybridized carbons (Fsp3) is 0.115. The van der Waals surface area contributed by atoms with Crippen molar-refractivity contribution < 1.29 is 28.9 Å². The first-order chi connectivity index (χ1) is 17.3. The molecule has 1 amide bonds. The summed E-state index contributed by atoms with van der Waals surface area (Å²) in [7, 11) is 1.56. The summed E-state index contributed by atoms with van der Waals surface area (Å²) in [4.78, 5) is 38.1. The van der Waals surface area contributed by atoms with Gasteiger partial charge in [0.05, 0.1) is 23.6 Å². The molecule has 36 heavy (non-hydrogen) atoms. The second kappa shape index (κ2) is 8.66. The number of hydrogen-bond donors (Lipinski definition) is 1. The third-order valence-electron chi connectivity index (χ3n) is 6.05. The summed E-state index contributed by atoms with van der Waals surface area (Å²) in [5, 5.41) is 28.0. The number of nitro groups is 1. The van der Waals surface area contributed by atoms with Crippen molar-refractivity contribution in [3.05, 3.63) is 99.3 Å². The van der Waals surface area contributed by atoms with Gasteiger partial charge < -0.3 is 14.4 Å². The number of methoxy groups -OCH3 is 1. The molecule has 180 valence electrons. The van der Waals surface area contributed by atoms with Gasteiger partial charge in [-0.05, 0) is 53.6 Å². The Bertz CT molecular complexity index is 1570. The van der Waals surface area contributed by atoms with Crippen LogP contribution < -0.4 is 9.64 Å². The number of nitro benzene ring substituents is 1. The number of carbonyl (C=O) groups excluding carboxylic acids is 2. The van der Waals surface area contributed by atoms with Crippen LogP contribution in [0.1, 0.15) is 22.9 Å². The van der Waals surface area contributed by atoms with Crippen LogP contribution in [0.15, 0.2) is 76.8 Å². The Kier molecular flexibility index (Phi) is 5.48. The minimum absolute atomic E-state index is 0.0857. The quantitative estimate of drug-likeness (QED) is 0.141. The van der Waals surface area contributed by atoms with Gasteiger partial charge in [0.2, 0.25) is 0 Å². The van der Waals surface area contributed by atoms with Gasteiger partial charge in [-0.2, -0.15) is 0 Å². The molecule has 5 rings (SSSR count). The van der Waals surface area contributed by atoms with Gasteiger partial charge in [0.1, 0.15) is 17.3 Å². The third-order valence-corrected chi connectivity index (χ3v) is 6.05. The number of ether oxygens (including phenoxy) is 1. The van der Waals surface area contributed by atoms with Crippen LogP contribution in [0.2, 0.25) is 0 Å². The summed E-state index contributed by atoms with van der Waals surface area (Å²) in [6.45, 7) is 1.64. The maximum atomic E-state index is 13.2. The zero-order valence-electron chi connectivity index (χ0n) is 19.2. The summed E-state index contributed by atoms with van der Waals surface area (Å²) in [5.41, 5.74) is 0.391. The largest absolute Gasteiger partial charge is 0.507 e. The highest BCUT2D eigenvalue weighted by Gasteiger charge is 2.48. The molecule has 1 atom stereocenters. The topological polar surface area (TPSA) is 136 Å². The number of aryl methyl sites for hydroxylation is 1. The SMILES string of the molecule is COc1ccc2cc(/C(O)=C3\C(=O)C(=O)N(c4cc(C)on4)C3c3ccc([N+](=O)[O-])cc3)ccc2c1. The molecule has 1 aromatic heterocycles. The van der Waals surface area contributed by atoms with E-state index >= 15 is 0 Å². The standard InChI is InChI=1S/C26H19N3O7/c1-14-11-21(27-36-14)28-23(15-5-8-19(9-6-15)29(33)34)22(25(31)26(28)32)24(30)18-4-3-17-13-20(35-2)10-7-16(17)12-18/h3-13,23,30H,1-2H3/b24-22+. The van der Waals surface area contributed by atoms with Crippen LogP contribution in [0.3, 0.4) is 0 Å². The molecule has 0 bridgehead atoms. The van der Waals surface area contributed by atoms with Crippen molar-refractivity contribution >= 4 is 39.7 Å². The number of aromatic nitrogens is 1. The molecule has 1 fully saturated rings. The van der Waals surface area contributed by atoms with E-state index in [-0.39, 0.29) is 22.8 Å². The number of fused-ring (bicyclic) bond motifs is 1. The number of non-ortho nitro benzene ring substituents is 1. The summed E-state index contributed by atoms with van der Waals surface area (Å²) in [6, 6.07) is 16.4. The number of Topliss-reactive ketones (excluding diaryl/α,β-unsaturated/α-hetero) is 1. The summed E-state index contributed by atoms with van der Waals surface area (Å²) >= 11 is 0. The number of carbonyl (C=O) groups is 2. The van der Waals surface area contributed by atoms with Gasteiger partial charge in [-0.25, -0.2) is 0 Å². The molecule has 2 heterocycles. The van der Waals surface area contributed by atoms with Crippen LogP contribution in [0, 0.1) is 17.0 Å². The molecule has 10 heteroatoms. The van der Waals surface area contributed by atoms with Crippen LogP contribution in [0.25, 0.3) is 16.5 Å². The first kappa shape index (κ1) is 22.8. The molecular formula is C26H19N3O7. The number of rotatable bonds is 5. The van der Waals surface area contributed by atoms with Crippen molar-refractivity contribution in [3.63, 3.8) is 0 Å². The monoisotopic (exact) mass is 485 g/mol. The smallest absolute Gasteiger partial charge is 0.301 e. The predicted molar refractivity (Wildman–Crippen MR) is 130 cm³/mol. The normalized spacial score (nSPS) is 17.1. The van der Waals surface area contributed by atoms with Crippen molar-refractivity contribution in [2.24, 2.45) is 0 Å². The number of anilines is 1. The number of benzene rings is 3. The molecule has 4 aromatic rings. The molecule has 0 radical (unpaired) electrons. The first-order valence-corrected chi connectivity index (χ1v) is 10.9. The molecular weight excluding hydrogens is 466 g/mol. The number of aliphatic hydroxyl groups is 1. The van der Waals surface area contributed by atoms with Crippen LogP contribution in [0.5, 0.6) is 5.75 Å². The number of hydrogen-bond acceptors (Lipinski definition) is 8. The number of amides is 1. The fourth-order valence-electron chi connectivity index (χ4n) is 4.28. The lowest BCUT2D eigenvalue weighted by Crippen LogP contribution is -2.29. The van der Waals surface area contributed by atoms with Crippen molar-refractivity contribution in [1.82, 2.24) is 5.16 Å². The second-order valence-electron chi connectivity index (χ2n) is 8.24. The Morgan fingerprint density at radius 3 is 2.39 bits per heavy atom. The van der Waals surface area contributed by atoms with E-state index in [9.17, 15) is 24.8 Å². The van der Waals surface area contributed by atoms with Crippen LogP contribution in [-0.2, 0) is 9.59 Å². The molecule has 1 saturated heterocycles. The molecule has 0 saturated carbocycles. The summed E-state index contributed by atoms with van der Waals surface area (Å²) in [5.74, 6) is -1.02. The summed E-state index contributed by atoms with van der Waals surface area (Å²) < 4.78 is 10.4. The van der Waals surface area contributed by atoms with Gasteiger partial charge in [-0.3, -0.25) is 24.6 Å². The van der Waals surface area contributed by atoms with Gasteiger partial charge in [-0.15, -0.1) is 0 Å². The zero-order chi connectivity index (χ0) is 25.6. The predicted octanol–water partition coefficient (Wildman–Crippen LogP) is 4.68. The Hall–Kier alpha value is -4.99. The van der Waals surface area contributed by atoms with Gasteiger partial charge in [0.25, 0.3) is 11.5 Å². The molecule has 0 spiro atoms. The molecule has 1 aliphatic heterocycles. The van der Waals surface area contributed by atoms with Crippen molar-refractivity contribution in [2.45, 2.75) is 13.0 Å². The molecule has 1 aliphatic rings. The van der Waals surface area contributed by atoms with E-state index in [1.54, 1.807) is 38.3 Å². The minimum Gasteiger partial charge on any atom is -0.507 e. The number of aliphatic hydroxyl groups excluding tert-OH is 1. The van der Waals surface area contributed by atoms with Gasteiger partial charge in [0.15, 0.2) is 5.82 Å². The average Bonchev–Trinajstić information content (AvgIpc) is 3.43. The maximum Gasteiger partial charge on any atom is 0.301 e. The van der Waals surface area contributed by atoms with Crippen molar-refractivity contribution in [3.8, 4) is 5.75 Å². The van der Waals surface area contributed by atoms with E-state index in [1.807, 2.05) is 12.1 Å². The lowest BCUT2D eigenvalue weighted by atomic mass is 9.94. The Balaban J connectivity index is 1.69. The highest BCUT2D eigenvalue weighted by molar-refractivity contribution is 6.51. The van der Waals surface area contributed by atoms with E-state index in [4.69, 9.17) is 9.26 Å². The Morgan fingerprint density at radius 2 is 1.75 bits per heavy atom. The lowest BCUT2D eigenvalue weighted by Gasteiger charge is -2.22. The number of ketones is 1. The maximum absolute atomic E-state index is 13.2. The van der Waals surface area contributed by atoms with Crippen molar-refractivity contribution in [1.29, 1.82) is 0 Å². The Morgan fingerprint density at radius 1 is 1.06 bits per heavy atom. The Labute approximate surface area is 204 Å². The fourth-order valence-corrected chi connectivity index (χ4v) is 4.28. The van der Waals surface area contributed by atoms with Crippen LogP contribution >= 0.6 is 0 Å². The first-order valence-electron chi connectivity index (χ1n) is 10.9. The molecule has 10 nitrogen and oxygen atoms in total. The van der Waals surface area contributed by atoms with Gasteiger partial charge in [-0.1, -0.05) is 23.4 Å². The lowest BCUT2D eigenvalue weighted by molar-refractivity contribution is -0.384. The molecule has 3 aromatic carbocycles. The third kappa shape index (κ3) is 3.74. The van der Waals surface area contributed by atoms with Gasteiger partial charge >= 0.3 is 5.91 Å². The van der Waals surface area contributed by atoms with E-state index in [1.165, 1.54) is 30.3 Å². The highest BCUT2D eigenvalue weighted by atomic mass is 16.6. The molecule has 1 unspecified atom stereocenters. The van der Waals surface area contributed by atoms with Crippen LogP contribution in [0.4, 0.5) is 11.5 Å². The highest BCUT2D eigenvalue weighted by Crippen LogP contribution is 2.42. The number of nitrogens with zero attached hydrogens (tertiary/aromatic N) is 3. The van der Waals surface area contributed by atoms with E-state index < -0.39 is 22.7 Å². The summed E-state index contributed by atoms with van der Waals surface area (Å²) in [6.07, 6.45) is 0. The van der Waals surface area contributed by atoms with Crippen LogP contribution in [-0.4, -0.2) is 34.0 Å². The van der Waals surface area contributed by atoms with E-state index in [0.29, 0.717) is 22.6 Å². The molecule has 1 N–H and O–H groups in total. The zero-order valence-corrected chi connectivity index (χ0v) is 19.2. The second-order valence-corrected chi connectivity index (χ2v) is 8.24. The average molecular weight is 485 g/mol. The minimum atomic E-state index is -1.08. The van der Waals surface area contributed by atoms with Gasteiger partial charge in [0, 0.05) is 23.8 Å². The molecule has 0 aliphatic carbocycles. The van der Waals surface area contributed by atoms with E-state index in [2.05, 4.69) is 5.16 Å². The van der Waals surface area contributed by atoms with Crippen molar-refractivity contribution in [2.75, 3.05) is 12.0 Å². The van der Waals surface area contributed by atoms with E-state index in [0.717, 1.165) is 15.7 Å².